The Kier molecular flexibility index (Phi) is 3.68. The zero-order valence-corrected chi connectivity index (χ0v) is 12.1. The van der Waals surface area contributed by atoms with Crippen LogP contribution in [0.1, 0.15) is 35.4 Å². The smallest absolute Gasteiger partial charge is 0.337 e. The Morgan fingerprint density at radius 2 is 2.14 bits per heavy atom. The SMILES string of the molecule is Cc1nc2c(C(=O)O)cccc2n1CC1CCCC1CO. The van der Waals surface area contributed by atoms with E-state index in [0.717, 1.165) is 37.1 Å². The van der Waals surface area contributed by atoms with Crippen molar-refractivity contribution in [1.29, 1.82) is 0 Å². The minimum absolute atomic E-state index is 0.233. The van der Waals surface area contributed by atoms with Crippen molar-refractivity contribution in [2.24, 2.45) is 11.8 Å². The standard InChI is InChI=1S/C16H20N2O3/c1-10-17-15-13(16(20)21)6-3-7-14(15)18(10)8-11-4-2-5-12(11)9-19/h3,6-7,11-12,19H,2,4-5,8-9H2,1H3,(H,20,21). The van der Waals surface area contributed by atoms with Crippen LogP contribution in [0.2, 0.25) is 0 Å². The maximum absolute atomic E-state index is 11.3. The van der Waals surface area contributed by atoms with Crippen molar-refractivity contribution in [3.8, 4) is 0 Å². The molecule has 1 aliphatic rings. The zero-order chi connectivity index (χ0) is 15.0. The molecule has 5 nitrogen and oxygen atoms in total. The second kappa shape index (κ2) is 5.48. The Balaban J connectivity index is 2.01. The number of benzene rings is 1. The third-order valence-electron chi connectivity index (χ3n) is 4.67. The first-order valence-corrected chi connectivity index (χ1v) is 7.41. The van der Waals surface area contributed by atoms with Crippen molar-refractivity contribution in [3.63, 3.8) is 0 Å². The molecular formula is C16H20N2O3. The molecule has 0 amide bonds. The summed E-state index contributed by atoms with van der Waals surface area (Å²) in [6.07, 6.45) is 3.35. The van der Waals surface area contributed by atoms with Crippen LogP contribution in [0.3, 0.4) is 0 Å². The van der Waals surface area contributed by atoms with Gasteiger partial charge in [0.15, 0.2) is 0 Å². The Labute approximate surface area is 123 Å². The number of fused-ring (bicyclic) bond motifs is 1. The lowest BCUT2D eigenvalue weighted by molar-refractivity contribution is 0.0699. The minimum Gasteiger partial charge on any atom is -0.478 e. The summed E-state index contributed by atoms with van der Waals surface area (Å²) in [6, 6.07) is 5.28. The number of imidazole rings is 1. The summed E-state index contributed by atoms with van der Waals surface area (Å²) in [4.78, 5) is 15.7. The summed E-state index contributed by atoms with van der Waals surface area (Å²) in [5.74, 6) is 0.686. The molecule has 3 rings (SSSR count). The normalized spacial score (nSPS) is 22.0. The van der Waals surface area contributed by atoms with Gasteiger partial charge in [-0.2, -0.15) is 0 Å². The van der Waals surface area contributed by atoms with E-state index in [-0.39, 0.29) is 12.2 Å². The number of aromatic nitrogens is 2. The van der Waals surface area contributed by atoms with Crippen molar-refractivity contribution in [1.82, 2.24) is 9.55 Å². The molecule has 2 unspecified atom stereocenters. The number of hydrogen-bond acceptors (Lipinski definition) is 3. The van der Waals surface area contributed by atoms with Gasteiger partial charge in [0.25, 0.3) is 0 Å². The highest BCUT2D eigenvalue weighted by atomic mass is 16.4. The van der Waals surface area contributed by atoms with Gasteiger partial charge in [0.1, 0.15) is 11.3 Å². The van der Waals surface area contributed by atoms with Crippen LogP contribution in [0.25, 0.3) is 11.0 Å². The van der Waals surface area contributed by atoms with Crippen LogP contribution in [0.5, 0.6) is 0 Å². The first-order chi connectivity index (χ1) is 10.1. The number of aliphatic hydroxyl groups excluding tert-OH is 1. The third kappa shape index (κ3) is 2.42. The van der Waals surface area contributed by atoms with E-state index in [1.54, 1.807) is 12.1 Å². The second-order valence-corrected chi connectivity index (χ2v) is 5.88. The number of hydrogen-bond donors (Lipinski definition) is 2. The van der Waals surface area contributed by atoms with Gasteiger partial charge in [-0.05, 0) is 43.7 Å². The number of aromatic carboxylic acids is 1. The number of carboxylic acid groups (broad SMARTS) is 1. The fraction of sp³-hybridized carbons (Fsp3) is 0.500. The van der Waals surface area contributed by atoms with E-state index < -0.39 is 5.97 Å². The summed E-state index contributed by atoms with van der Waals surface area (Å²) in [5.41, 5.74) is 1.68. The fourth-order valence-corrected chi connectivity index (χ4v) is 3.50. The van der Waals surface area contributed by atoms with Gasteiger partial charge in [-0.25, -0.2) is 9.78 Å². The molecule has 0 spiro atoms. The summed E-state index contributed by atoms with van der Waals surface area (Å²) in [7, 11) is 0. The summed E-state index contributed by atoms with van der Waals surface area (Å²) in [5, 5.41) is 18.7. The van der Waals surface area contributed by atoms with Crippen molar-refractivity contribution in [3.05, 3.63) is 29.6 Å². The van der Waals surface area contributed by atoms with Crippen molar-refractivity contribution in [2.45, 2.75) is 32.7 Å². The second-order valence-electron chi connectivity index (χ2n) is 5.88. The Hall–Kier alpha value is -1.88. The molecule has 1 fully saturated rings. The van der Waals surface area contributed by atoms with Crippen LogP contribution in [-0.2, 0) is 6.54 Å². The van der Waals surface area contributed by atoms with Gasteiger partial charge in [-0.15, -0.1) is 0 Å². The molecule has 2 atom stereocenters. The quantitative estimate of drug-likeness (QED) is 0.906. The molecule has 1 aromatic carbocycles. The largest absolute Gasteiger partial charge is 0.478 e. The predicted octanol–water partition coefficient (Wildman–Crippen LogP) is 2.45. The van der Waals surface area contributed by atoms with Gasteiger partial charge in [0.05, 0.1) is 11.1 Å². The highest BCUT2D eigenvalue weighted by molar-refractivity contribution is 6.01. The predicted molar refractivity (Wildman–Crippen MR) is 79.3 cm³/mol. The van der Waals surface area contributed by atoms with Crippen molar-refractivity contribution < 1.29 is 15.0 Å². The Morgan fingerprint density at radius 3 is 2.86 bits per heavy atom. The Morgan fingerprint density at radius 1 is 1.38 bits per heavy atom. The van der Waals surface area contributed by atoms with Gasteiger partial charge in [0.2, 0.25) is 0 Å². The number of aryl methyl sites for hydroxylation is 1. The molecule has 1 aliphatic carbocycles. The molecular weight excluding hydrogens is 268 g/mol. The van der Waals surface area contributed by atoms with Gasteiger partial charge in [-0.3, -0.25) is 0 Å². The molecule has 0 aliphatic heterocycles. The number of carbonyl (C=O) groups is 1. The number of para-hydroxylation sites is 1. The highest BCUT2D eigenvalue weighted by Gasteiger charge is 2.28. The molecule has 5 heteroatoms. The molecule has 2 N–H and O–H groups in total. The van der Waals surface area contributed by atoms with Crippen LogP contribution in [0.15, 0.2) is 18.2 Å². The van der Waals surface area contributed by atoms with E-state index in [1.165, 1.54) is 0 Å². The lowest BCUT2D eigenvalue weighted by atomic mass is 9.97. The summed E-state index contributed by atoms with van der Waals surface area (Å²) in [6.45, 7) is 2.95. The van der Waals surface area contributed by atoms with E-state index in [4.69, 9.17) is 0 Å². The number of nitrogens with zero attached hydrogens (tertiary/aromatic N) is 2. The molecule has 112 valence electrons. The van der Waals surface area contributed by atoms with Crippen molar-refractivity contribution in [2.75, 3.05) is 6.61 Å². The fourth-order valence-electron chi connectivity index (χ4n) is 3.50. The number of carboxylic acids is 1. The van der Waals surface area contributed by atoms with E-state index >= 15 is 0 Å². The summed E-state index contributed by atoms with van der Waals surface area (Å²) >= 11 is 0. The van der Waals surface area contributed by atoms with Gasteiger partial charge in [-0.1, -0.05) is 12.5 Å². The number of aliphatic hydroxyl groups is 1. The van der Waals surface area contributed by atoms with Crippen LogP contribution >= 0.6 is 0 Å². The molecule has 1 aromatic heterocycles. The molecule has 0 radical (unpaired) electrons. The third-order valence-corrected chi connectivity index (χ3v) is 4.67. The zero-order valence-electron chi connectivity index (χ0n) is 12.1. The molecule has 1 heterocycles. The molecule has 0 saturated heterocycles. The average Bonchev–Trinajstić information content (AvgIpc) is 3.03. The average molecular weight is 288 g/mol. The van der Waals surface area contributed by atoms with Gasteiger partial charge < -0.3 is 14.8 Å². The van der Waals surface area contributed by atoms with Crippen LogP contribution in [-0.4, -0.2) is 32.3 Å². The minimum atomic E-state index is -0.945. The van der Waals surface area contributed by atoms with E-state index in [9.17, 15) is 15.0 Å². The van der Waals surface area contributed by atoms with E-state index in [1.807, 2.05) is 13.0 Å². The number of rotatable bonds is 4. The first-order valence-electron chi connectivity index (χ1n) is 7.41. The molecule has 2 aromatic rings. The van der Waals surface area contributed by atoms with E-state index in [2.05, 4.69) is 9.55 Å². The van der Waals surface area contributed by atoms with Gasteiger partial charge in [0, 0.05) is 13.2 Å². The molecule has 0 bridgehead atoms. The summed E-state index contributed by atoms with van der Waals surface area (Å²) < 4.78 is 2.10. The monoisotopic (exact) mass is 288 g/mol. The Bertz CT molecular complexity index is 677. The molecule has 21 heavy (non-hydrogen) atoms. The van der Waals surface area contributed by atoms with Crippen LogP contribution in [0, 0.1) is 18.8 Å². The van der Waals surface area contributed by atoms with Gasteiger partial charge >= 0.3 is 5.97 Å². The maximum atomic E-state index is 11.3. The lowest BCUT2D eigenvalue weighted by Crippen LogP contribution is -2.18. The van der Waals surface area contributed by atoms with Crippen molar-refractivity contribution >= 4 is 17.0 Å². The van der Waals surface area contributed by atoms with E-state index in [0.29, 0.717) is 17.4 Å². The topological polar surface area (TPSA) is 75.3 Å². The first kappa shape index (κ1) is 14.1. The maximum Gasteiger partial charge on any atom is 0.337 e. The highest BCUT2D eigenvalue weighted by Crippen LogP contribution is 2.34. The van der Waals surface area contributed by atoms with Crippen LogP contribution in [0.4, 0.5) is 0 Å². The van der Waals surface area contributed by atoms with Crippen LogP contribution < -0.4 is 0 Å². The lowest BCUT2D eigenvalue weighted by Gasteiger charge is -2.19. The molecule has 1 saturated carbocycles.